The van der Waals surface area contributed by atoms with Crippen molar-refractivity contribution in [1.29, 1.82) is 0 Å². The van der Waals surface area contributed by atoms with E-state index in [0.29, 0.717) is 26.9 Å². The lowest BCUT2D eigenvalue weighted by Gasteiger charge is -2.14. The van der Waals surface area contributed by atoms with E-state index in [-0.39, 0.29) is 23.2 Å². The highest BCUT2D eigenvalue weighted by atomic mass is 35.5. The number of hydrogen-bond acceptors (Lipinski definition) is 5. The van der Waals surface area contributed by atoms with Crippen molar-refractivity contribution in [2.75, 3.05) is 5.75 Å². The Kier molecular flexibility index (Phi) is 7.65. The molecule has 0 unspecified atom stereocenters. The first kappa shape index (κ1) is 23.3. The summed E-state index contributed by atoms with van der Waals surface area (Å²) in [5, 5.41) is 11.9. The Morgan fingerprint density at radius 1 is 0.879 bits per heavy atom. The fourth-order valence-electron chi connectivity index (χ4n) is 3.27. The summed E-state index contributed by atoms with van der Waals surface area (Å²) in [7, 11) is 0. The van der Waals surface area contributed by atoms with Gasteiger partial charge in [-0.3, -0.25) is 0 Å². The predicted octanol–water partition coefficient (Wildman–Crippen LogP) is 7.23. The van der Waals surface area contributed by atoms with Crippen LogP contribution in [0.25, 0.3) is 11.1 Å². The van der Waals surface area contributed by atoms with Crippen LogP contribution in [-0.2, 0) is 13.0 Å². The maximum absolute atomic E-state index is 12.7. The molecule has 3 aromatic carbocycles. The second-order valence-corrected chi connectivity index (χ2v) is 9.14. The van der Waals surface area contributed by atoms with Crippen molar-refractivity contribution in [1.82, 2.24) is 0 Å². The first-order chi connectivity index (χ1) is 16.0. The Labute approximate surface area is 205 Å². The second kappa shape index (κ2) is 10.8. The fraction of sp³-hybridized carbons (Fsp3) is 0.115. The molecule has 4 aromatic rings. The molecular weight excluding hydrogens is 479 g/mol. The van der Waals surface area contributed by atoms with Crippen molar-refractivity contribution >= 4 is 35.0 Å². The van der Waals surface area contributed by atoms with E-state index in [0.717, 1.165) is 17.5 Å². The molecule has 0 saturated carbocycles. The molecule has 0 spiro atoms. The van der Waals surface area contributed by atoms with E-state index in [2.05, 4.69) is 0 Å². The van der Waals surface area contributed by atoms with Crippen LogP contribution in [-0.4, -0.2) is 10.9 Å². The van der Waals surface area contributed by atoms with Crippen molar-refractivity contribution in [3.05, 3.63) is 110 Å². The second-order valence-electron chi connectivity index (χ2n) is 7.22. The first-order valence-electron chi connectivity index (χ1n) is 10.2. The Hall–Kier alpha value is -2.86. The quantitative estimate of drug-likeness (QED) is 0.259. The Balaban J connectivity index is 1.63. The Morgan fingerprint density at radius 2 is 1.58 bits per heavy atom. The molecule has 0 saturated heterocycles. The number of halogens is 2. The van der Waals surface area contributed by atoms with Crippen molar-refractivity contribution in [2.24, 2.45) is 0 Å². The summed E-state index contributed by atoms with van der Waals surface area (Å²) in [6, 6.07) is 24.2. The SMILES string of the molecule is O=c1oc(OCc2ccc(Cl)c(Cl)c2)c(-c2ccccc2)c(O)c1SCCc1ccccc1. The van der Waals surface area contributed by atoms with Crippen LogP contribution >= 0.6 is 35.0 Å². The van der Waals surface area contributed by atoms with Crippen molar-refractivity contribution in [2.45, 2.75) is 17.9 Å². The number of benzene rings is 3. The third-order valence-electron chi connectivity index (χ3n) is 4.92. The van der Waals surface area contributed by atoms with Crippen LogP contribution in [0.4, 0.5) is 0 Å². The van der Waals surface area contributed by atoms with Gasteiger partial charge in [0, 0.05) is 5.75 Å². The van der Waals surface area contributed by atoms with Gasteiger partial charge in [-0.1, -0.05) is 89.9 Å². The lowest BCUT2D eigenvalue weighted by atomic mass is 10.1. The van der Waals surface area contributed by atoms with E-state index in [1.165, 1.54) is 11.8 Å². The summed E-state index contributed by atoms with van der Waals surface area (Å²) in [4.78, 5) is 12.9. The van der Waals surface area contributed by atoms with Crippen LogP contribution in [0.15, 0.2) is 93.0 Å². The molecule has 0 amide bonds. The number of rotatable bonds is 8. The molecule has 4 nitrogen and oxygen atoms in total. The van der Waals surface area contributed by atoms with Gasteiger partial charge in [-0.25, -0.2) is 4.79 Å². The van der Waals surface area contributed by atoms with Gasteiger partial charge in [-0.15, -0.1) is 11.8 Å². The summed E-state index contributed by atoms with van der Waals surface area (Å²) in [6.45, 7) is 0.0829. The van der Waals surface area contributed by atoms with Crippen LogP contribution in [0, 0.1) is 0 Å². The minimum absolute atomic E-state index is 0.0535. The van der Waals surface area contributed by atoms with E-state index in [9.17, 15) is 9.90 Å². The highest BCUT2D eigenvalue weighted by Crippen LogP contribution is 2.42. The fourth-order valence-corrected chi connectivity index (χ4v) is 4.53. The van der Waals surface area contributed by atoms with Gasteiger partial charge < -0.3 is 14.3 Å². The minimum atomic E-state index is -0.644. The van der Waals surface area contributed by atoms with E-state index >= 15 is 0 Å². The van der Waals surface area contributed by atoms with Crippen LogP contribution in [0.3, 0.4) is 0 Å². The topological polar surface area (TPSA) is 59.7 Å². The molecule has 4 rings (SSSR count). The van der Waals surface area contributed by atoms with Gasteiger partial charge in [-0.2, -0.15) is 0 Å². The molecule has 0 aliphatic heterocycles. The predicted molar refractivity (Wildman–Crippen MR) is 134 cm³/mol. The number of ether oxygens (including phenoxy) is 1. The normalized spacial score (nSPS) is 10.8. The van der Waals surface area contributed by atoms with Crippen LogP contribution < -0.4 is 10.4 Å². The van der Waals surface area contributed by atoms with Crippen molar-refractivity contribution in [3.63, 3.8) is 0 Å². The maximum atomic E-state index is 12.7. The third kappa shape index (κ3) is 5.74. The molecule has 0 atom stereocenters. The molecule has 0 bridgehead atoms. The largest absolute Gasteiger partial charge is 0.506 e. The van der Waals surface area contributed by atoms with Crippen molar-refractivity contribution < 1.29 is 14.3 Å². The van der Waals surface area contributed by atoms with E-state index in [4.69, 9.17) is 32.4 Å². The van der Waals surface area contributed by atoms with Gasteiger partial charge in [0.25, 0.3) is 5.95 Å². The van der Waals surface area contributed by atoms with Gasteiger partial charge >= 0.3 is 5.63 Å². The van der Waals surface area contributed by atoms with E-state index in [1.54, 1.807) is 18.2 Å². The monoisotopic (exact) mass is 498 g/mol. The molecule has 0 aliphatic carbocycles. The molecule has 1 N–H and O–H groups in total. The van der Waals surface area contributed by atoms with Crippen LogP contribution in [0.2, 0.25) is 10.0 Å². The summed E-state index contributed by atoms with van der Waals surface area (Å²) in [5.41, 5.74) is 2.25. The summed E-state index contributed by atoms with van der Waals surface area (Å²) in [6.07, 6.45) is 0.751. The van der Waals surface area contributed by atoms with E-state index in [1.807, 2.05) is 60.7 Å². The van der Waals surface area contributed by atoms with Gasteiger partial charge in [-0.05, 0) is 35.2 Å². The first-order valence-corrected chi connectivity index (χ1v) is 12.0. The minimum Gasteiger partial charge on any atom is -0.506 e. The molecule has 0 aliphatic rings. The smallest absolute Gasteiger partial charge is 0.356 e. The maximum Gasteiger partial charge on any atom is 0.356 e. The standard InChI is InChI=1S/C26H20Cl2O4S/c27-20-12-11-18(15-21(20)28)16-31-26-22(19-9-5-2-6-10-19)23(29)24(25(30)32-26)33-14-13-17-7-3-1-4-8-17/h1-12,15,29H,13-14,16H2. The van der Waals surface area contributed by atoms with Crippen molar-refractivity contribution in [3.8, 4) is 22.8 Å². The lowest BCUT2D eigenvalue weighted by molar-refractivity contribution is 0.216. The highest BCUT2D eigenvalue weighted by molar-refractivity contribution is 7.99. The molecule has 168 valence electrons. The average Bonchev–Trinajstić information content (AvgIpc) is 2.83. The Morgan fingerprint density at radius 3 is 2.27 bits per heavy atom. The molecule has 1 aromatic heterocycles. The zero-order valence-corrected chi connectivity index (χ0v) is 19.8. The summed E-state index contributed by atoms with van der Waals surface area (Å²) >= 11 is 13.3. The van der Waals surface area contributed by atoms with Crippen LogP contribution in [0.5, 0.6) is 11.7 Å². The summed E-state index contributed by atoms with van der Waals surface area (Å²) < 4.78 is 11.4. The highest BCUT2D eigenvalue weighted by Gasteiger charge is 2.22. The molecule has 33 heavy (non-hydrogen) atoms. The number of aromatic hydroxyl groups is 1. The average molecular weight is 499 g/mol. The summed E-state index contributed by atoms with van der Waals surface area (Å²) in [5.74, 6) is 0.405. The third-order valence-corrected chi connectivity index (χ3v) is 6.72. The van der Waals surface area contributed by atoms with E-state index < -0.39 is 5.63 Å². The van der Waals surface area contributed by atoms with Gasteiger partial charge in [0.2, 0.25) is 0 Å². The Bertz CT molecular complexity index is 1290. The van der Waals surface area contributed by atoms with Gasteiger partial charge in [0.15, 0.2) is 5.75 Å². The number of aryl methyl sites for hydroxylation is 1. The molecular formula is C26H20Cl2O4S. The van der Waals surface area contributed by atoms with Gasteiger partial charge in [0.1, 0.15) is 17.1 Å². The zero-order valence-electron chi connectivity index (χ0n) is 17.5. The number of thioether (sulfide) groups is 1. The molecule has 0 radical (unpaired) electrons. The lowest BCUT2D eigenvalue weighted by Crippen LogP contribution is -2.08. The van der Waals surface area contributed by atoms with Crippen LogP contribution in [0.1, 0.15) is 11.1 Å². The molecule has 7 heteroatoms. The molecule has 0 fully saturated rings. The van der Waals surface area contributed by atoms with Gasteiger partial charge in [0.05, 0.1) is 10.0 Å². The molecule has 1 heterocycles. The number of hydrogen-bond donors (Lipinski definition) is 1. The zero-order chi connectivity index (χ0) is 23.2.